The molecule has 1 amide bonds. The summed E-state index contributed by atoms with van der Waals surface area (Å²) in [5, 5.41) is 2.45. The molecule has 0 heterocycles. The molecule has 3 nitrogen and oxygen atoms in total. The van der Waals surface area contributed by atoms with Gasteiger partial charge in [0, 0.05) is 25.6 Å². The summed E-state index contributed by atoms with van der Waals surface area (Å²) in [6.07, 6.45) is 3.93. The van der Waals surface area contributed by atoms with Gasteiger partial charge in [0.2, 0.25) is 5.91 Å². The highest BCUT2D eigenvalue weighted by Gasteiger charge is 2.27. The molecule has 2 aromatic rings. The van der Waals surface area contributed by atoms with E-state index >= 15 is 0 Å². The third-order valence-corrected chi connectivity index (χ3v) is 4.73. The minimum absolute atomic E-state index is 0.101. The fraction of sp³-hybridized carbons (Fsp3) is 0.421. The van der Waals surface area contributed by atoms with Crippen molar-refractivity contribution in [2.24, 2.45) is 11.7 Å². The molecule has 0 aliphatic heterocycles. The van der Waals surface area contributed by atoms with Crippen LogP contribution in [0, 0.1) is 5.92 Å². The van der Waals surface area contributed by atoms with Crippen molar-refractivity contribution in [1.29, 1.82) is 0 Å². The van der Waals surface area contributed by atoms with Crippen molar-refractivity contribution >= 4 is 16.7 Å². The number of carbonyl (C=O) groups excluding carboxylic acids is 1. The summed E-state index contributed by atoms with van der Waals surface area (Å²) in [5.41, 5.74) is 7.22. The van der Waals surface area contributed by atoms with Gasteiger partial charge in [0.15, 0.2) is 0 Å². The standard InChI is InChI=1S/C19H24N2O/c1-21(19(22)15-8-5-10-17(20)12-15)13-16-9-4-7-14-6-2-3-11-18(14)16/h2-4,6-7,9,11,15,17H,5,8,10,12-13,20H2,1H3. The molecule has 22 heavy (non-hydrogen) atoms. The fourth-order valence-corrected chi connectivity index (χ4v) is 3.53. The third-order valence-electron chi connectivity index (χ3n) is 4.73. The predicted molar refractivity (Wildman–Crippen MR) is 90.4 cm³/mol. The van der Waals surface area contributed by atoms with E-state index in [0.29, 0.717) is 6.54 Å². The summed E-state index contributed by atoms with van der Waals surface area (Å²) in [7, 11) is 1.91. The van der Waals surface area contributed by atoms with Crippen LogP contribution in [-0.2, 0) is 11.3 Å². The molecule has 0 bridgehead atoms. The summed E-state index contributed by atoms with van der Waals surface area (Å²) < 4.78 is 0. The normalized spacial score (nSPS) is 21.7. The Morgan fingerprint density at radius 3 is 2.77 bits per heavy atom. The van der Waals surface area contributed by atoms with Gasteiger partial charge in [-0.2, -0.15) is 0 Å². The van der Waals surface area contributed by atoms with E-state index in [4.69, 9.17) is 5.73 Å². The zero-order valence-electron chi connectivity index (χ0n) is 13.2. The molecular formula is C19H24N2O. The molecule has 2 N–H and O–H groups in total. The predicted octanol–water partition coefficient (Wildman–Crippen LogP) is 3.32. The number of fused-ring (bicyclic) bond motifs is 1. The van der Waals surface area contributed by atoms with Gasteiger partial charge >= 0.3 is 0 Å². The Morgan fingerprint density at radius 2 is 1.95 bits per heavy atom. The molecule has 1 saturated carbocycles. The monoisotopic (exact) mass is 296 g/mol. The largest absolute Gasteiger partial charge is 0.341 e. The number of hydrogen-bond acceptors (Lipinski definition) is 2. The second kappa shape index (κ2) is 6.49. The van der Waals surface area contributed by atoms with Gasteiger partial charge in [0.1, 0.15) is 0 Å². The minimum atomic E-state index is 0.101. The van der Waals surface area contributed by atoms with Crippen molar-refractivity contribution < 1.29 is 4.79 Å². The van der Waals surface area contributed by atoms with E-state index in [-0.39, 0.29) is 17.9 Å². The number of benzene rings is 2. The molecule has 3 rings (SSSR count). The van der Waals surface area contributed by atoms with Gasteiger partial charge in [-0.3, -0.25) is 4.79 Å². The van der Waals surface area contributed by atoms with Crippen LogP contribution >= 0.6 is 0 Å². The molecule has 0 saturated heterocycles. The van der Waals surface area contributed by atoms with Crippen molar-refractivity contribution in [2.75, 3.05) is 7.05 Å². The molecular weight excluding hydrogens is 272 g/mol. The van der Waals surface area contributed by atoms with E-state index in [0.717, 1.165) is 25.7 Å². The first kappa shape index (κ1) is 15.0. The zero-order chi connectivity index (χ0) is 15.5. The van der Waals surface area contributed by atoms with Crippen LogP contribution in [0.3, 0.4) is 0 Å². The lowest BCUT2D eigenvalue weighted by molar-refractivity contribution is -0.135. The van der Waals surface area contributed by atoms with Crippen molar-refractivity contribution in [2.45, 2.75) is 38.3 Å². The van der Waals surface area contributed by atoms with Gasteiger partial charge in [0.25, 0.3) is 0 Å². The van der Waals surface area contributed by atoms with E-state index in [2.05, 4.69) is 30.3 Å². The summed E-state index contributed by atoms with van der Waals surface area (Å²) in [4.78, 5) is 14.5. The van der Waals surface area contributed by atoms with E-state index in [9.17, 15) is 4.79 Å². The van der Waals surface area contributed by atoms with Crippen LogP contribution in [0.5, 0.6) is 0 Å². The molecule has 116 valence electrons. The second-order valence-corrected chi connectivity index (χ2v) is 6.46. The first-order valence-corrected chi connectivity index (χ1v) is 8.12. The van der Waals surface area contributed by atoms with Crippen molar-refractivity contribution in [3.8, 4) is 0 Å². The average molecular weight is 296 g/mol. The van der Waals surface area contributed by atoms with Gasteiger partial charge in [-0.1, -0.05) is 48.9 Å². The van der Waals surface area contributed by atoms with Crippen LogP contribution in [-0.4, -0.2) is 23.9 Å². The number of hydrogen-bond donors (Lipinski definition) is 1. The maximum absolute atomic E-state index is 12.7. The van der Waals surface area contributed by atoms with Gasteiger partial charge in [-0.05, 0) is 35.6 Å². The number of amides is 1. The van der Waals surface area contributed by atoms with Gasteiger partial charge in [-0.15, -0.1) is 0 Å². The van der Waals surface area contributed by atoms with Crippen LogP contribution in [0.15, 0.2) is 42.5 Å². The summed E-state index contributed by atoms with van der Waals surface area (Å²) in [6, 6.07) is 14.8. The third kappa shape index (κ3) is 3.14. The van der Waals surface area contributed by atoms with Gasteiger partial charge in [-0.25, -0.2) is 0 Å². The van der Waals surface area contributed by atoms with E-state index in [1.807, 2.05) is 24.1 Å². The first-order chi connectivity index (χ1) is 10.6. The van der Waals surface area contributed by atoms with Crippen molar-refractivity contribution in [3.63, 3.8) is 0 Å². The van der Waals surface area contributed by atoms with Crippen LogP contribution in [0.2, 0.25) is 0 Å². The number of nitrogens with two attached hydrogens (primary N) is 1. The number of nitrogens with zero attached hydrogens (tertiary/aromatic N) is 1. The average Bonchev–Trinajstić information content (AvgIpc) is 2.54. The van der Waals surface area contributed by atoms with Crippen LogP contribution in [0.4, 0.5) is 0 Å². The Kier molecular flexibility index (Phi) is 4.44. The maximum atomic E-state index is 12.7. The molecule has 0 spiro atoms. The highest BCUT2D eigenvalue weighted by molar-refractivity contribution is 5.86. The van der Waals surface area contributed by atoms with E-state index < -0.39 is 0 Å². The Bertz CT molecular complexity index is 662. The summed E-state index contributed by atoms with van der Waals surface area (Å²) >= 11 is 0. The lowest BCUT2D eigenvalue weighted by Gasteiger charge is -2.29. The Morgan fingerprint density at radius 1 is 1.18 bits per heavy atom. The van der Waals surface area contributed by atoms with E-state index in [1.165, 1.54) is 16.3 Å². The molecule has 0 aromatic heterocycles. The molecule has 0 radical (unpaired) electrons. The highest BCUT2D eigenvalue weighted by Crippen LogP contribution is 2.26. The van der Waals surface area contributed by atoms with Crippen molar-refractivity contribution in [1.82, 2.24) is 4.90 Å². The highest BCUT2D eigenvalue weighted by atomic mass is 16.2. The molecule has 1 aliphatic carbocycles. The summed E-state index contributed by atoms with van der Waals surface area (Å²) in [6.45, 7) is 0.659. The van der Waals surface area contributed by atoms with Crippen LogP contribution in [0.25, 0.3) is 10.8 Å². The number of carbonyl (C=O) groups is 1. The molecule has 3 heteroatoms. The topological polar surface area (TPSA) is 46.3 Å². The Balaban J connectivity index is 1.75. The molecule has 2 unspecified atom stereocenters. The van der Waals surface area contributed by atoms with E-state index in [1.54, 1.807) is 0 Å². The van der Waals surface area contributed by atoms with Crippen LogP contribution < -0.4 is 5.73 Å². The minimum Gasteiger partial charge on any atom is -0.341 e. The SMILES string of the molecule is CN(Cc1cccc2ccccc12)C(=O)C1CCCC(N)C1. The smallest absolute Gasteiger partial charge is 0.225 e. The lowest BCUT2D eigenvalue weighted by atomic mass is 9.85. The first-order valence-electron chi connectivity index (χ1n) is 8.12. The zero-order valence-corrected chi connectivity index (χ0v) is 13.2. The van der Waals surface area contributed by atoms with Crippen LogP contribution in [0.1, 0.15) is 31.2 Å². The number of rotatable bonds is 3. The molecule has 2 aromatic carbocycles. The van der Waals surface area contributed by atoms with Gasteiger partial charge in [0.05, 0.1) is 0 Å². The van der Waals surface area contributed by atoms with Gasteiger partial charge < -0.3 is 10.6 Å². The molecule has 2 atom stereocenters. The van der Waals surface area contributed by atoms with Crippen molar-refractivity contribution in [3.05, 3.63) is 48.0 Å². The quantitative estimate of drug-likeness (QED) is 0.944. The molecule has 1 fully saturated rings. The summed E-state index contributed by atoms with van der Waals surface area (Å²) in [5.74, 6) is 0.340. The maximum Gasteiger partial charge on any atom is 0.225 e. The lowest BCUT2D eigenvalue weighted by Crippen LogP contribution is -2.38. The Hall–Kier alpha value is -1.87. The second-order valence-electron chi connectivity index (χ2n) is 6.46. The Labute approximate surface area is 132 Å². The molecule has 1 aliphatic rings. The fourth-order valence-electron chi connectivity index (χ4n) is 3.53.